The van der Waals surface area contributed by atoms with Crippen LogP contribution in [0.25, 0.3) is 0 Å². The van der Waals surface area contributed by atoms with Crippen LogP contribution in [0, 0.1) is 17.8 Å². The van der Waals surface area contributed by atoms with Crippen molar-refractivity contribution in [3.63, 3.8) is 0 Å². The molecule has 0 saturated heterocycles. The summed E-state index contributed by atoms with van der Waals surface area (Å²) in [4.78, 5) is 12.5. The second-order valence-electron chi connectivity index (χ2n) is 6.64. The zero-order valence-corrected chi connectivity index (χ0v) is 15.3. The molecule has 1 rings (SSSR count). The second kappa shape index (κ2) is 9.12. The topological polar surface area (TPSA) is 46.5 Å². The third-order valence-electron chi connectivity index (χ3n) is 2.72. The third kappa shape index (κ3) is 8.22. The van der Waals surface area contributed by atoms with Crippen molar-refractivity contribution < 1.29 is 14.6 Å². The Morgan fingerprint density at radius 1 is 1.22 bits per heavy atom. The maximum atomic E-state index is 12.5. The zero-order chi connectivity index (χ0) is 17.5. The number of aliphatic hydroxyl groups excluding tert-OH is 1. The minimum atomic E-state index is -1.12. The van der Waals surface area contributed by atoms with Crippen molar-refractivity contribution in [2.75, 3.05) is 0 Å². The zero-order valence-electron chi connectivity index (χ0n) is 14.5. The molecule has 4 heteroatoms. The molecule has 126 valence electrons. The molecule has 3 nitrogen and oxygen atoms in total. The van der Waals surface area contributed by atoms with Crippen LogP contribution in [0.3, 0.4) is 0 Å². The first-order valence-corrected chi connectivity index (χ1v) is 8.58. The summed E-state index contributed by atoms with van der Waals surface area (Å²) >= 11 is 1.17. The molecule has 0 amide bonds. The van der Waals surface area contributed by atoms with E-state index in [1.165, 1.54) is 11.8 Å². The molecule has 0 spiro atoms. The summed E-state index contributed by atoms with van der Waals surface area (Å²) in [6, 6.07) is 9.59. The highest BCUT2D eigenvalue weighted by atomic mass is 32.2. The molecule has 1 aromatic carbocycles. The van der Waals surface area contributed by atoms with Gasteiger partial charge in [0.1, 0.15) is 6.10 Å². The summed E-state index contributed by atoms with van der Waals surface area (Å²) < 4.78 is 5.47. The molecular formula is C19H26O3S. The van der Waals surface area contributed by atoms with E-state index in [9.17, 15) is 9.90 Å². The van der Waals surface area contributed by atoms with Gasteiger partial charge in [0.2, 0.25) is 5.12 Å². The van der Waals surface area contributed by atoms with Crippen molar-refractivity contribution in [2.45, 2.75) is 58.2 Å². The predicted molar refractivity (Wildman–Crippen MR) is 96.0 cm³/mol. The van der Waals surface area contributed by atoms with Crippen LogP contribution >= 0.6 is 11.8 Å². The molecule has 0 aliphatic heterocycles. The third-order valence-corrected chi connectivity index (χ3v) is 3.76. The number of carbonyl (C=O) groups is 1. The van der Waals surface area contributed by atoms with E-state index in [4.69, 9.17) is 4.74 Å². The summed E-state index contributed by atoms with van der Waals surface area (Å²) in [7, 11) is 0. The number of thioether (sulfide) groups is 1. The van der Waals surface area contributed by atoms with Gasteiger partial charge in [-0.2, -0.15) is 0 Å². The van der Waals surface area contributed by atoms with Crippen molar-refractivity contribution in [3.05, 3.63) is 35.9 Å². The normalized spacial score (nSPS) is 14.0. The first-order valence-electron chi connectivity index (χ1n) is 7.76. The summed E-state index contributed by atoms with van der Waals surface area (Å²) in [6.07, 6.45) is -2.07. The van der Waals surface area contributed by atoms with Crippen LogP contribution in [0.2, 0.25) is 0 Å². The van der Waals surface area contributed by atoms with Crippen LogP contribution in [-0.4, -0.2) is 27.2 Å². The van der Waals surface area contributed by atoms with E-state index in [1.54, 1.807) is 0 Å². The number of hydrogen-bond acceptors (Lipinski definition) is 4. The second-order valence-corrected chi connectivity index (χ2v) is 8.47. The monoisotopic (exact) mass is 334 g/mol. The Kier molecular flexibility index (Phi) is 7.84. The summed E-state index contributed by atoms with van der Waals surface area (Å²) in [5.74, 6) is 5.76. The standard InChI is InChI=1S/C19H26O3S/c1-14(2)11-12-16(20)17(18(21)23-19(3,4)5)22-13-15-9-7-6-8-10-15/h6-10,14,16-17,20H,13H2,1-5H3/t16-,17+/m1/s1. The fraction of sp³-hybridized carbons (Fsp3) is 0.526. The van der Waals surface area contributed by atoms with E-state index in [0.29, 0.717) is 0 Å². The van der Waals surface area contributed by atoms with Crippen LogP contribution in [0.4, 0.5) is 0 Å². The average Bonchev–Trinajstić information content (AvgIpc) is 2.44. The summed E-state index contributed by atoms with van der Waals surface area (Å²) in [5.41, 5.74) is 0.954. The fourth-order valence-electron chi connectivity index (χ4n) is 1.74. The molecule has 0 bridgehead atoms. The van der Waals surface area contributed by atoms with Gasteiger partial charge in [0.05, 0.1) is 6.61 Å². The molecule has 23 heavy (non-hydrogen) atoms. The van der Waals surface area contributed by atoms with E-state index in [1.807, 2.05) is 65.0 Å². The molecule has 0 aromatic heterocycles. The average molecular weight is 334 g/mol. The van der Waals surface area contributed by atoms with Crippen molar-refractivity contribution >= 4 is 16.9 Å². The summed E-state index contributed by atoms with van der Waals surface area (Å²) in [5, 5.41) is 10.1. The fourth-order valence-corrected chi connectivity index (χ4v) is 2.65. The molecule has 0 unspecified atom stereocenters. The van der Waals surface area contributed by atoms with Crippen molar-refractivity contribution in [1.82, 2.24) is 0 Å². The largest absolute Gasteiger partial charge is 0.377 e. The molecule has 0 radical (unpaired) electrons. The SMILES string of the molecule is CC(C)C#C[C@@H](O)[C@H](OCc1ccccc1)C(=O)SC(C)(C)C. The summed E-state index contributed by atoms with van der Waals surface area (Å²) in [6.45, 7) is 10.0. The quantitative estimate of drug-likeness (QED) is 0.835. The van der Waals surface area contributed by atoms with Gasteiger partial charge in [-0.15, -0.1) is 0 Å². The first kappa shape index (κ1) is 19.8. The highest BCUT2D eigenvalue weighted by Gasteiger charge is 2.30. The van der Waals surface area contributed by atoms with Crippen LogP contribution in [0.1, 0.15) is 40.2 Å². The van der Waals surface area contributed by atoms with Crippen molar-refractivity contribution in [3.8, 4) is 11.8 Å². The van der Waals surface area contributed by atoms with E-state index in [0.717, 1.165) is 5.56 Å². The van der Waals surface area contributed by atoms with Gasteiger partial charge in [-0.3, -0.25) is 4.79 Å². The van der Waals surface area contributed by atoms with Crippen LogP contribution < -0.4 is 0 Å². The molecular weight excluding hydrogens is 308 g/mol. The first-order chi connectivity index (χ1) is 10.7. The number of benzene rings is 1. The molecule has 2 atom stereocenters. The van der Waals surface area contributed by atoms with Gasteiger partial charge in [0.25, 0.3) is 0 Å². The number of carbonyl (C=O) groups excluding carboxylic acids is 1. The van der Waals surface area contributed by atoms with Gasteiger partial charge >= 0.3 is 0 Å². The van der Waals surface area contributed by atoms with Gasteiger partial charge in [0, 0.05) is 10.7 Å². The Hall–Kier alpha value is -1.28. The minimum absolute atomic E-state index is 0.129. The Bertz CT molecular complexity index is 549. The molecule has 1 N–H and O–H groups in total. The lowest BCUT2D eigenvalue weighted by Gasteiger charge is -2.23. The van der Waals surface area contributed by atoms with E-state index in [2.05, 4.69) is 11.8 Å². The lowest BCUT2D eigenvalue weighted by molar-refractivity contribution is -0.127. The van der Waals surface area contributed by atoms with Crippen LogP contribution in [-0.2, 0) is 16.1 Å². The van der Waals surface area contributed by atoms with Crippen LogP contribution in [0.15, 0.2) is 30.3 Å². The predicted octanol–water partition coefficient (Wildman–Crippen LogP) is 3.65. The van der Waals surface area contributed by atoms with Gasteiger partial charge in [-0.1, -0.05) is 88.6 Å². The maximum Gasteiger partial charge on any atom is 0.221 e. The van der Waals surface area contributed by atoms with Crippen LogP contribution in [0.5, 0.6) is 0 Å². The van der Waals surface area contributed by atoms with E-state index >= 15 is 0 Å². The number of hydrogen-bond donors (Lipinski definition) is 1. The highest BCUT2D eigenvalue weighted by Crippen LogP contribution is 2.27. The molecule has 0 fully saturated rings. The lowest BCUT2D eigenvalue weighted by Crippen LogP contribution is -2.36. The number of rotatable bonds is 5. The minimum Gasteiger partial charge on any atom is -0.377 e. The Labute approximate surface area is 143 Å². The molecule has 0 aliphatic carbocycles. The Morgan fingerprint density at radius 3 is 2.35 bits per heavy atom. The van der Waals surface area contributed by atoms with Gasteiger partial charge in [-0.05, 0) is 5.56 Å². The van der Waals surface area contributed by atoms with Crippen molar-refractivity contribution in [1.29, 1.82) is 0 Å². The van der Waals surface area contributed by atoms with Gasteiger partial charge in [-0.25, -0.2) is 0 Å². The number of aliphatic hydroxyl groups is 1. The molecule has 0 saturated carbocycles. The Balaban J connectivity index is 2.83. The maximum absolute atomic E-state index is 12.5. The molecule has 1 aromatic rings. The van der Waals surface area contributed by atoms with Gasteiger partial charge in [0.15, 0.2) is 6.10 Å². The van der Waals surface area contributed by atoms with E-state index < -0.39 is 12.2 Å². The van der Waals surface area contributed by atoms with Crippen molar-refractivity contribution in [2.24, 2.45) is 5.92 Å². The Morgan fingerprint density at radius 2 is 1.83 bits per heavy atom. The van der Waals surface area contributed by atoms with E-state index in [-0.39, 0.29) is 22.4 Å². The smallest absolute Gasteiger partial charge is 0.221 e. The molecule has 0 heterocycles. The highest BCUT2D eigenvalue weighted by molar-refractivity contribution is 8.14. The lowest BCUT2D eigenvalue weighted by atomic mass is 10.1. The van der Waals surface area contributed by atoms with Gasteiger partial charge < -0.3 is 9.84 Å². The molecule has 0 aliphatic rings. The number of ether oxygens (including phenoxy) is 1.